The predicted octanol–water partition coefficient (Wildman–Crippen LogP) is 4.12. The maximum Gasteiger partial charge on any atom is 0.233 e. The Morgan fingerprint density at radius 2 is 1.94 bits per heavy atom. The zero-order chi connectivity index (χ0) is 22.2. The Labute approximate surface area is 187 Å². The Bertz CT molecular complexity index is 1210. The number of fused-ring (bicyclic) bond motifs is 1. The average Bonchev–Trinajstić information content (AvgIpc) is 3.19. The van der Waals surface area contributed by atoms with E-state index in [1.165, 1.54) is 27.5 Å². The summed E-state index contributed by atoms with van der Waals surface area (Å²) in [5.74, 6) is -0.437. The monoisotopic (exact) mass is 457 g/mol. The molecule has 1 atom stereocenters. The minimum atomic E-state index is -3.32. The molecule has 0 aliphatic carbocycles. The number of aryl methyl sites for hydroxylation is 2. The van der Waals surface area contributed by atoms with Crippen LogP contribution in [0.25, 0.3) is 10.2 Å². The number of carbonyl (C=O) groups excluding carboxylic acids is 1. The number of amides is 1. The van der Waals surface area contributed by atoms with Crippen LogP contribution in [-0.2, 0) is 21.4 Å². The van der Waals surface area contributed by atoms with E-state index in [2.05, 4.69) is 26.0 Å². The smallest absolute Gasteiger partial charge is 0.233 e. The lowest BCUT2D eigenvalue weighted by molar-refractivity contribution is -0.123. The van der Waals surface area contributed by atoms with Crippen molar-refractivity contribution in [3.63, 3.8) is 0 Å². The van der Waals surface area contributed by atoms with Crippen molar-refractivity contribution in [2.24, 2.45) is 5.92 Å². The van der Waals surface area contributed by atoms with Gasteiger partial charge in [-0.15, -0.1) is 0 Å². The van der Waals surface area contributed by atoms with Crippen LogP contribution in [0.1, 0.15) is 29.5 Å². The molecule has 0 radical (unpaired) electrons. The number of hydrogen-bond acceptors (Lipinski definition) is 5. The lowest BCUT2D eigenvalue weighted by atomic mass is 9.98. The third kappa shape index (κ3) is 4.66. The first-order valence-electron chi connectivity index (χ1n) is 10.4. The number of sulfonamides is 1. The second-order valence-corrected chi connectivity index (χ2v) is 11.2. The van der Waals surface area contributed by atoms with E-state index in [0.717, 1.165) is 21.3 Å². The van der Waals surface area contributed by atoms with Crippen molar-refractivity contribution in [1.82, 2.24) is 9.29 Å². The van der Waals surface area contributed by atoms with Crippen LogP contribution in [0, 0.1) is 19.8 Å². The molecular weight excluding hydrogens is 430 g/mol. The quantitative estimate of drug-likeness (QED) is 0.578. The van der Waals surface area contributed by atoms with Crippen molar-refractivity contribution in [2.75, 3.05) is 24.2 Å². The molecule has 1 aliphatic rings. The maximum absolute atomic E-state index is 13.7. The van der Waals surface area contributed by atoms with Crippen LogP contribution in [0.15, 0.2) is 42.5 Å². The molecule has 1 aromatic heterocycles. The Hall–Kier alpha value is -2.29. The van der Waals surface area contributed by atoms with Crippen LogP contribution in [-0.4, -0.2) is 43.0 Å². The number of piperidine rings is 1. The lowest BCUT2D eigenvalue weighted by Crippen LogP contribution is -2.46. The fourth-order valence-electron chi connectivity index (χ4n) is 4.00. The van der Waals surface area contributed by atoms with Gasteiger partial charge in [-0.25, -0.2) is 17.7 Å². The van der Waals surface area contributed by atoms with Gasteiger partial charge in [-0.3, -0.25) is 9.69 Å². The molecule has 0 bridgehead atoms. The summed E-state index contributed by atoms with van der Waals surface area (Å²) in [4.78, 5) is 20.3. The van der Waals surface area contributed by atoms with Crippen LogP contribution in [0.4, 0.5) is 5.13 Å². The van der Waals surface area contributed by atoms with Crippen molar-refractivity contribution in [3.8, 4) is 0 Å². The Morgan fingerprint density at radius 3 is 2.65 bits per heavy atom. The standard InChI is InChI=1S/C23H27N3O3S2/c1-16-11-12-20-21(17(16)2)24-23(30-20)26(14-18-8-5-4-6-9-18)22(27)19-10-7-13-25(15-19)31(3,28)29/h4-6,8-9,11-12,19H,7,10,13-15H2,1-3H3. The lowest BCUT2D eigenvalue weighted by Gasteiger charge is -2.33. The first-order chi connectivity index (χ1) is 14.7. The Morgan fingerprint density at radius 1 is 1.19 bits per heavy atom. The molecule has 1 amide bonds. The second-order valence-electron chi connectivity index (χ2n) is 8.22. The Kier molecular flexibility index (Phi) is 6.14. The zero-order valence-electron chi connectivity index (χ0n) is 18.0. The normalized spacial score (nSPS) is 17.7. The van der Waals surface area contributed by atoms with E-state index >= 15 is 0 Å². The number of thiazole rings is 1. The van der Waals surface area contributed by atoms with Gasteiger partial charge in [-0.2, -0.15) is 0 Å². The number of benzene rings is 2. The number of rotatable bonds is 5. The highest BCUT2D eigenvalue weighted by Crippen LogP contribution is 2.34. The number of anilines is 1. The van der Waals surface area contributed by atoms with Gasteiger partial charge in [-0.1, -0.05) is 47.7 Å². The molecule has 3 aromatic rings. The van der Waals surface area contributed by atoms with Gasteiger partial charge in [0.05, 0.1) is 28.9 Å². The third-order valence-corrected chi connectivity index (χ3v) is 8.27. The largest absolute Gasteiger partial charge is 0.283 e. The molecule has 6 nitrogen and oxygen atoms in total. The van der Waals surface area contributed by atoms with Gasteiger partial charge >= 0.3 is 0 Å². The van der Waals surface area contributed by atoms with Gasteiger partial charge < -0.3 is 0 Å². The predicted molar refractivity (Wildman–Crippen MR) is 126 cm³/mol. The van der Waals surface area contributed by atoms with Crippen molar-refractivity contribution in [2.45, 2.75) is 33.2 Å². The average molecular weight is 458 g/mol. The first kappa shape index (κ1) is 21.9. The van der Waals surface area contributed by atoms with Crippen molar-refractivity contribution >= 4 is 42.6 Å². The maximum atomic E-state index is 13.7. The summed E-state index contributed by atoms with van der Waals surface area (Å²) in [6.45, 7) is 5.22. The van der Waals surface area contributed by atoms with Gasteiger partial charge in [0.1, 0.15) is 0 Å². The highest BCUT2D eigenvalue weighted by Gasteiger charge is 2.34. The van der Waals surface area contributed by atoms with Crippen LogP contribution >= 0.6 is 11.3 Å². The first-order valence-corrected chi connectivity index (χ1v) is 13.1. The van der Waals surface area contributed by atoms with Gasteiger partial charge in [0.2, 0.25) is 15.9 Å². The number of aromatic nitrogens is 1. The van der Waals surface area contributed by atoms with E-state index in [0.29, 0.717) is 31.1 Å². The molecule has 164 valence electrons. The molecule has 31 heavy (non-hydrogen) atoms. The molecule has 1 unspecified atom stereocenters. The highest BCUT2D eigenvalue weighted by atomic mass is 32.2. The van der Waals surface area contributed by atoms with Gasteiger partial charge in [0, 0.05) is 13.1 Å². The molecule has 0 spiro atoms. The summed E-state index contributed by atoms with van der Waals surface area (Å²) < 4.78 is 26.6. The summed E-state index contributed by atoms with van der Waals surface area (Å²) in [6.07, 6.45) is 2.57. The molecular formula is C23H27N3O3S2. The second kappa shape index (κ2) is 8.68. The van der Waals surface area contributed by atoms with Crippen molar-refractivity contribution in [3.05, 3.63) is 59.2 Å². The molecule has 1 aliphatic heterocycles. The number of hydrogen-bond donors (Lipinski definition) is 0. The van der Waals surface area contributed by atoms with E-state index in [1.807, 2.05) is 30.3 Å². The fourth-order valence-corrected chi connectivity index (χ4v) is 5.94. The topological polar surface area (TPSA) is 70.6 Å². The summed E-state index contributed by atoms with van der Waals surface area (Å²) in [7, 11) is -3.32. The Balaban J connectivity index is 1.71. The highest BCUT2D eigenvalue weighted by molar-refractivity contribution is 7.88. The SMILES string of the molecule is Cc1ccc2sc(N(Cc3ccccc3)C(=O)C3CCCN(S(C)(=O)=O)C3)nc2c1C. The molecule has 4 rings (SSSR count). The molecule has 8 heteroatoms. The third-order valence-electron chi connectivity index (χ3n) is 5.96. The summed E-state index contributed by atoms with van der Waals surface area (Å²) in [6, 6.07) is 14.0. The summed E-state index contributed by atoms with van der Waals surface area (Å²) >= 11 is 1.51. The van der Waals surface area contributed by atoms with E-state index in [-0.39, 0.29) is 18.4 Å². The van der Waals surface area contributed by atoms with E-state index in [4.69, 9.17) is 4.98 Å². The molecule has 1 fully saturated rings. The van der Waals surface area contributed by atoms with Crippen LogP contribution in [0.3, 0.4) is 0 Å². The van der Waals surface area contributed by atoms with Crippen LogP contribution in [0.2, 0.25) is 0 Å². The summed E-state index contributed by atoms with van der Waals surface area (Å²) in [5.41, 5.74) is 4.22. The van der Waals surface area contributed by atoms with Gasteiger partial charge in [0.25, 0.3) is 0 Å². The summed E-state index contributed by atoms with van der Waals surface area (Å²) in [5, 5.41) is 0.661. The molecule has 0 N–H and O–H groups in total. The van der Waals surface area contributed by atoms with Crippen molar-refractivity contribution in [1.29, 1.82) is 0 Å². The van der Waals surface area contributed by atoms with Crippen LogP contribution in [0.5, 0.6) is 0 Å². The van der Waals surface area contributed by atoms with Gasteiger partial charge in [-0.05, 0) is 49.4 Å². The van der Waals surface area contributed by atoms with Crippen molar-refractivity contribution < 1.29 is 13.2 Å². The molecule has 2 aromatic carbocycles. The van der Waals surface area contributed by atoms with Crippen LogP contribution < -0.4 is 4.90 Å². The number of carbonyl (C=O) groups is 1. The van der Waals surface area contributed by atoms with E-state index < -0.39 is 10.0 Å². The van der Waals surface area contributed by atoms with Gasteiger partial charge in [0.15, 0.2) is 5.13 Å². The van der Waals surface area contributed by atoms with E-state index in [1.54, 1.807) is 4.90 Å². The minimum Gasteiger partial charge on any atom is -0.283 e. The fraction of sp³-hybridized carbons (Fsp3) is 0.391. The zero-order valence-corrected chi connectivity index (χ0v) is 19.7. The molecule has 0 saturated carbocycles. The minimum absolute atomic E-state index is 0.0642. The molecule has 2 heterocycles. The number of nitrogens with zero attached hydrogens (tertiary/aromatic N) is 3. The van der Waals surface area contributed by atoms with E-state index in [9.17, 15) is 13.2 Å². The molecule has 1 saturated heterocycles.